The largest absolute Gasteiger partial charge is 0.394 e. The molecule has 0 aliphatic carbocycles. The number of rotatable bonds is 7. The second-order valence-corrected chi connectivity index (χ2v) is 5.83. The first-order chi connectivity index (χ1) is 9.02. The van der Waals surface area contributed by atoms with E-state index in [1.165, 1.54) is 11.8 Å². The summed E-state index contributed by atoms with van der Waals surface area (Å²) in [6, 6.07) is 4.85. The second-order valence-electron chi connectivity index (χ2n) is 3.83. The first kappa shape index (κ1) is 16.6. The minimum atomic E-state index is -0.740. The van der Waals surface area contributed by atoms with Gasteiger partial charge in [-0.05, 0) is 18.2 Å². The molecule has 1 aromatic rings. The number of carbonyl (C=O) groups is 1. The predicted molar refractivity (Wildman–Crippen MR) is 80.1 cm³/mol. The molecule has 0 heterocycles. The maximum atomic E-state index is 11.7. The van der Waals surface area contributed by atoms with Crippen molar-refractivity contribution in [3.63, 3.8) is 0 Å². The summed E-state index contributed by atoms with van der Waals surface area (Å²) in [6.07, 6.45) is -0.443. The van der Waals surface area contributed by atoms with Crippen molar-refractivity contribution in [2.45, 2.75) is 12.5 Å². The molecule has 1 aromatic carbocycles. The molecule has 0 fully saturated rings. The van der Waals surface area contributed by atoms with Gasteiger partial charge >= 0.3 is 0 Å². The summed E-state index contributed by atoms with van der Waals surface area (Å²) in [5.74, 6) is 0.790. The van der Waals surface area contributed by atoms with Crippen LogP contribution in [0.5, 0.6) is 0 Å². The number of aliphatic hydroxyl groups is 2. The Bertz CT molecular complexity index is 431. The van der Waals surface area contributed by atoms with Crippen LogP contribution in [-0.2, 0) is 4.79 Å². The number of anilines is 1. The molecule has 4 nitrogen and oxygen atoms in total. The van der Waals surface area contributed by atoms with Crippen LogP contribution < -0.4 is 5.32 Å². The van der Waals surface area contributed by atoms with Crippen molar-refractivity contribution in [3.8, 4) is 0 Å². The number of hydrogen-bond donors (Lipinski definition) is 3. The van der Waals surface area contributed by atoms with Crippen LogP contribution in [0, 0.1) is 0 Å². The molecule has 3 N–H and O–H groups in total. The molecule has 19 heavy (non-hydrogen) atoms. The SMILES string of the molecule is O=C(CCSCC(O)CO)Nc1cc(Cl)ccc1Cl. The molecule has 0 spiro atoms. The van der Waals surface area contributed by atoms with E-state index in [-0.39, 0.29) is 12.5 Å². The Kier molecular flexibility index (Phi) is 7.56. The molecule has 1 rings (SSSR count). The lowest BCUT2D eigenvalue weighted by Gasteiger charge is -2.08. The van der Waals surface area contributed by atoms with E-state index in [1.807, 2.05) is 0 Å². The molecule has 7 heteroatoms. The number of aliphatic hydroxyl groups excluding tert-OH is 2. The first-order valence-corrected chi connectivity index (χ1v) is 7.55. The van der Waals surface area contributed by atoms with E-state index in [0.29, 0.717) is 33.7 Å². The van der Waals surface area contributed by atoms with Crippen molar-refractivity contribution in [1.29, 1.82) is 0 Å². The number of carbonyl (C=O) groups excluding carboxylic acids is 1. The van der Waals surface area contributed by atoms with Gasteiger partial charge in [0.25, 0.3) is 0 Å². The van der Waals surface area contributed by atoms with Crippen molar-refractivity contribution in [3.05, 3.63) is 28.2 Å². The molecule has 0 radical (unpaired) electrons. The van der Waals surface area contributed by atoms with Gasteiger partial charge in [0.2, 0.25) is 5.91 Å². The van der Waals surface area contributed by atoms with Gasteiger partial charge in [-0.25, -0.2) is 0 Å². The summed E-state index contributed by atoms with van der Waals surface area (Å²) in [5, 5.41) is 21.4. The van der Waals surface area contributed by atoms with Gasteiger partial charge in [0.1, 0.15) is 0 Å². The Morgan fingerprint density at radius 1 is 1.42 bits per heavy atom. The predicted octanol–water partition coefficient (Wildman–Crippen LogP) is 2.41. The molecule has 0 aliphatic rings. The molecule has 0 aromatic heterocycles. The average Bonchev–Trinajstić information content (AvgIpc) is 2.38. The van der Waals surface area contributed by atoms with Gasteiger partial charge in [0, 0.05) is 22.9 Å². The molecular formula is C12H15Cl2NO3S. The van der Waals surface area contributed by atoms with E-state index in [0.717, 1.165) is 0 Å². The Morgan fingerprint density at radius 2 is 2.16 bits per heavy atom. The zero-order valence-corrected chi connectivity index (χ0v) is 12.4. The van der Waals surface area contributed by atoms with Crippen LogP contribution in [0.3, 0.4) is 0 Å². The first-order valence-electron chi connectivity index (χ1n) is 5.64. The molecular weight excluding hydrogens is 309 g/mol. The molecule has 106 valence electrons. The van der Waals surface area contributed by atoms with Crippen LogP contribution in [0.1, 0.15) is 6.42 Å². The maximum Gasteiger partial charge on any atom is 0.225 e. The minimum Gasteiger partial charge on any atom is -0.394 e. The highest BCUT2D eigenvalue weighted by molar-refractivity contribution is 7.99. The van der Waals surface area contributed by atoms with Gasteiger partial charge < -0.3 is 15.5 Å². The Labute approximate surface area is 126 Å². The fourth-order valence-electron chi connectivity index (χ4n) is 1.24. The summed E-state index contributed by atoms with van der Waals surface area (Å²) in [4.78, 5) is 11.7. The fourth-order valence-corrected chi connectivity index (χ4v) is 2.45. The molecule has 0 saturated heterocycles. The highest BCUT2D eigenvalue weighted by Gasteiger charge is 2.07. The zero-order chi connectivity index (χ0) is 14.3. The standard InChI is InChI=1S/C12H15Cl2NO3S/c13-8-1-2-10(14)11(5-8)15-12(18)3-4-19-7-9(17)6-16/h1-2,5,9,16-17H,3-4,6-7H2,(H,15,18). The van der Waals surface area contributed by atoms with Crippen molar-refractivity contribution in [2.75, 3.05) is 23.4 Å². The quantitative estimate of drug-likeness (QED) is 0.674. The highest BCUT2D eigenvalue weighted by atomic mass is 35.5. The third kappa shape index (κ3) is 6.49. The van der Waals surface area contributed by atoms with Gasteiger partial charge in [-0.15, -0.1) is 0 Å². The van der Waals surface area contributed by atoms with Crippen LogP contribution >= 0.6 is 35.0 Å². The Hall–Kier alpha value is -0.460. The number of halogens is 2. The Morgan fingerprint density at radius 3 is 2.84 bits per heavy atom. The minimum absolute atomic E-state index is 0.171. The van der Waals surface area contributed by atoms with Crippen molar-refractivity contribution in [1.82, 2.24) is 0 Å². The van der Waals surface area contributed by atoms with Gasteiger partial charge in [0.05, 0.1) is 23.4 Å². The van der Waals surface area contributed by atoms with Gasteiger partial charge in [-0.2, -0.15) is 11.8 Å². The smallest absolute Gasteiger partial charge is 0.225 e. The summed E-state index contributed by atoms with van der Waals surface area (Å²) in [6.45, 7) is -0.267. The molecule has 0 aliphatic heterocycles. The van der Waals surface area contributed by atoms with E-state index in [2.05, 4.69) is 5.32 Å². The molecule has 1 amide bonds. The molecule has 0 saturated carbocycles. The molecule has 1 unspecified atom stereocenters. The van der Waals surface area contributed by atoms with Crippen LogP contribution in [0.25, 0.3) is 0 Å². The van der Waals surface area contributed by atoms with Crippen LogP contribution in [0.4, 0.5) is 5.69 Å². The van der Waals surface area contributed by atoms with E-state index in [9.17, 15) is 4.79 Å². The second kappa shape index (κ2) is 8.66. The number of nitrogens with one attached hydrogen (secondary N) is 1. The zero-order valence-electron chi connectivity index (χ0n) is 10.1. The van der Waals surface area contributed by atoms with Gasteiger partial charge in [0.15, 0.2) is 0 Å². The van der Waals surface area contributed by atoms with Crippen molar-refractivity contribution < 1.29 is 15.0 Å². The fraction of sp³-hybridized carbons (Fsp3) is 0.417. The normalized spacial score (nSPS) is 12.2. The van der Waals surface area contributed by atoms with Crippen LogP contribution in [0.2, 0.25) is 10.0 Å². The lowest BCUT2D eigenvalue weighted by atomic mass is 10.3. The van der Waals surface area contributed by atoms with Crippen molar-refractivity contribution >= 4 is 46.6 Å². The summed E-state index contributed by atoms with van der Waals surface area (Å²) < 4.78 is 0. The third-order valence-corrected chi connectivity index (χ3v) is 3.87. The third-order valence-electron chi connectivity index (χ3n) is 2.20. The van der Waals surface area contributed by atoms with Crippen molar-refractivity contribution in [2.24, 2.45) is 0 Å². The highest BCUT2D eigenvalue weighted by Crippen LogP contribution is 2.25. The number of hydrogen-bond acceptors (Lipinski definition) is 4. The monoisotopic (exact) mass is 323 g/mol. The lowest BCUT2D eigenvalue weighted by Crippen LogP contribution is -2.16. The summed E-state index contributed by atoms with van der Waals surface area (Å²) >= 11 is 13.1. The van der Waals surface area contributed by atoms with Crippen LogP contribution in [-0.4, -0.2) is 40.3 Å². The van der Waals surface area contributed by atoms with E-state index < -0.39 is 6.10 Å². The number of benzene rings is 1. The topological polar surface area (TPSA) is 69.6 Å². The van der Waals surface area contributed by atoms with E-state index in [1.54, 1.807) is 18.2 Å². The average molecular weight is 324 g/mol. The van der Waals surface area contributed by atoms with Crippen LogP contribution in [0.15, 0.2) is 18.2 Å². The lowest BCUT2D eigenvalue weighted by molar-refractivity contribution is -0.115. The van der Waals surface area contributed by atoms with Gasteiger partial charge in [-0.1, -0.05) is 23.2 Å². The molecule has 0 bridgehead atoms. The van der Waals surface area contributed by atoms with Gasteiger partial charge in [-0.3, -0.25) is 4.79 Å². The van der Waals surface area contributed by atoms with E-state index in [4.69, 9.17) is 33.4 Å². The summed E-state index contributed by atoms with van der Waals surface area (Å²) in [5.41, 5.74) is 0.486. The molecule has 1 atom stereocenters. The number of thioether (sulfide) groups is 1. The van der Waals surface area contributed by atoms with E-state index >= 15 is 0 Å². The number of amides is 1. The maximum absolute atomic E-state index is 11.7. The summed E-state index contributed by atoms with van der Waals surface area (Å²) in [7, 11) is 0. The Balaban J connectivity index is 2.33.